The van der Waals surface area contributed by atoms with E-state index >= 15 is 0 Å². The smallest absolute Gasteiger partial charge is 0.273 e. The Morgan fingerprint density at radius 3 is 2.88 bits per heavy atom. The maximum atomic E-state index is 12.6. The number of hydrogen-bond acceptors (Lipinski definition) is 5. The number of nitrogens with two attached hydrogens (primary N) is 1. The molecular weight excluding hydrogens is 414 g/mol. The summed E-state index contributed by atoms with van der Waals surface area (Å²) < 4.78 is 6.85. The third kappa shape index (κ3) is 4.55. The molecule has 1 aromatic carbocycles. The van der Waals surface area contributed by atoms with Crippen molar-refractivity contribution in [2.45, 2.75) is 12.5 Å². The molecule has 1 aromatic heterocycles. The summed E-state index contributed by atoms with van der Waals surface area (Å²) in [5, 5.41) is 2.73. The molecule has 1 unspecified atom stereocenters. The van der Waals surface area contributed by atoms with Gasteiger partial charge in [0.05, 0.1) is 18.2 Å². The van der Waals surface area contributed by atoms with Crippen LogP contribution in [0.2, 0.25) is 0 Å². The van der Waals surface area contributed by atoms with Gasteiger partial charge in [-0.2, -0.15) is 0 Å². The first-order chi connectivity index (χ1) is 11.2. The van der Waals surface area contributed by atoms with E-state index in [1.165, 1.54) is 11.3 Å². The molecule has 1 fully saturated rings. The Labute approximate surface area is 159 Å². The summed E-state index contributed by atoms with van der Waals surface area (Å²) in [6, 6.07) is 8.01. The molecule has 8 heteroatoms. The maximum Gasteiger partial charge on any atom is 0.273 e. The van der Waals surface area contributed by atoms with E-state index in [4.69, 9.17) is 10.5 Å². The van der Waals surface area contributed by atoms with Gasteiger partial charge in [0.1, 0.15) is 11.8 Å². The van der Waals surface area contributed by atoms with Crippen LogP contribution in [-0.4, -0.2) is 42.0 Å². The Morgan fingerprint density at radius 1 is 1.42 bits per heavy atom. The van der Waals surface area contributed by atoms with Crippen LogP contribution in [0.5, 0.6) is 0 Å². The molecule has 2 heterocycles. The highest BCUT2D eigenvalue weighted by Crippen LogP contribution is 2.25. The van der Waals surface area contributed by atoms with Gasteiger partial charge in [0, 0.05) is 22.8 Å². The van der Waals surface area contributed by atoms with Crippen molar-refractivity contribution >= 4 is 45.6 Å². The molecule has 2 aromatic rings. The zero-order chi connectivity index (χ0) is 16.2. The van der Waals surface area contributed by atoms with E-state index in [-0.39, 0.29) is 24.4 Å². The Balaban J connectivity index is 0.00000208. The lowest BCUT2D eigenvalue weighted by atomic mass is 10.1. The number of carbonyl (C=O) groups is 1. The van der Waals surface area contributed by atoms with Crippen molar-refractivity contribution in [3.63, 3.8) is 0 Å². The van der Waals surface area contributed by atoms with Gasteiger partial charge in [-0.15, -0.1) is 23.7 Å². The molecule has 1 aliphatic rings. The molecule has 2 N–H and O–H groups in total. The predicted molar refractivity (Wildman–Crippen MR) is 101 cm³/mol. The number of nitrogens with zero attached hydrogens (tertiary/aromatic N) is 2. The highest BCUT2D eigenvalue weighted by molar-refractivity contribution is 9.10. The van der Waals surface area contributed by atoms with Crippen LogP contribution in [0, 0.1) is 0 Å². The van der Waals surface area contributed by atoms with Crippen LogP contribution in [0.4, 0.5) is 0 Å². The SMILES string of the molecule is Cl.NCCc1nc(C(=O)N2CCOC(c3ccc(Br)cc3)C2)cs1. The molecule has 1 saturated heterocycles. The average Bonchev–Trinajstić information content (AvgIpc) is 3.04. The minimum Gasteiger partial charge on any atom is -0.370 e. The number of thiazole rings is 1. The second-order valence-corrected chi connectivity index (χ2v) is 7.19. The number of halogens is 2. The molecule has 130 valence electrons. The Hall–Kier alpha value is -0.990. The minimum atomic E-state index is -0.0945. The molecule has 0 saturated carbocycles. The largest absolute Gasteiger partial charge is 0.370 e. The van der Waals surface area contributed by atoms with Crippen LogP contribution in [0.15, 0.2) is 34.1 Å². The first-order valence-electron chi connectivity index (χ1n) is 7.48. The van der Waals surface area contributed by atoms with Crippen LogP contribution in [0.3, 0.4) is 0 Å². The van der Waals surface area contributed by atoms with E-state index in [1.54, 1.807) is 0 Å². The molecular formula is C16H19BrClN3O2S. The third-order valence-corrected chi connectivity index (χ3v) is 5.16. The van der Waals surface area contributed by atoms with Crippen LogP contribution in [0.25, 0.3) is 0 Å². The van der Waals surface area contributed by atoms with Crippen LogP contribution in [0.1, 0.15) is 27.2 Å². The summed E-state index contributed by atoms with van der Waals surface area (Å²) in [6.45, 7) is 2.22. The van der Waals surface area contributed by atoms with Crippen molar-refractivity contribution in [1.82, 2.24) is 9.88 Å². The number of carbonyl (C=O) groups excluding carboxylic acids is 1. The average molecular weight is 433 g/mol. The molecule has 0 spiro atoms. The molecule has 3 rings (SSSR count). The number of hydrogen-bond donors (Lipinski definition) is 1. The monoisotopic (exact) mass is 431 g/mol. The van der Waals surface area contributed by atoms with Crippen molar-refractivity contribution in [3.05, 3.63) is 50.4 Å². The lowest BCUT2D eigenvalue weighted by Gasteiger charge is -2.32. The Bertz CT molecular complexity index is 680. The predicted octanol–water partition coefficient (Wildman–Crippen LogP) is 3.04. The summed E-state index contributed by atoms with van der Waals surface area (Å²) in [5.74, 6) is -0.0325. The Morgan fingerprint density at radius 2 is 2.17 bits per heavy atom. The standard InChI is InChI=1S/C16H18BrN3O2S.ClH/c17-12-3-1-11(2-4-12)14-9-20(7-8-22-14)16(21)13-10-23-15(19-13)5-6-18;/h1-4,10,14H,5-9,18H2;1H. The highest BCUT2D eigenvalue weighted by atomic mass is 79.9. The van der Waals surface area contributed by atoms with Gasteiger partial charge in [-0.05, 0) is 24.2 Å². The van der Waals surface area contributed by atoms with Crippen LogP contribution >= 0.6 is 39.7 Å². The summed E-state index contributed by atoms with van der Waals surface area (Å²) in [5.41, 5.74) is 7.12. The van der Waals surface area contributed by atoms with Gasteiger partial charge >= 0.3 is 0 Å². The fourth-order valence-corrected chi connectivity index (χ4v) is 3.57. The fraction of sp³-hybridized carbons (Fsp3) is 0.375. The zero-order valence-electron chi connectivity index (χ0n) is 13.0. The summed E-state index contributed by atoms with van der Waals surface area (Å²) >= 11 is 4.92. The molecule has 24 heavy (non-hydrogen) atoms. The van der Waals surface area contributed by atoms with E-state index in [0.717, 1.165) is 15.0 Å². The number of ether oxygens (including phenoxy) is 1. The lowest BCUT2D eigenvalue weighted by Crippen LogP contribution is -2.42. The fourth-order valence-electron chi connectivity index (χ4n) is 2.52. The van der Waals surface area contributed by atoms with Gasteiger partial charge in [0.15, 0.2) is 0 Å². The number of morpholine rings is 1. The van der Waals surface area contributed by atoms with Crippen molar-refractivity contribution in [1.29, 1.82) is 0 Å². The molecule has 5 nitrogen and oxygen atoms in total. The lowest BCUT2D eigenvalue weighted by molar-refractivity contribution is -0.0230. The Kier molecular flexibility index (Phi) is 7.18. The van der Waals surface area contributed by atoms with E-state index < -0.39 is 0 Å². The zero-order valence-corrected chi connectivity index (χ0v) is 16.2. The van der Waals surface area contributed by atoms with Crippen molar-refractivity contribution in [2.75, 3.05) is 26.2 Å². The van der Waals surface area contributed by atoms with Crippen molar-refractivity contribution < 1.29 is 9.53 Å². The maximum absolute atomic E-state index is 12.6. The second kappa shape index (κ2) is 8.92. The van der Waals surface area contributed by atoms with Crippen LogP contribution in [-0.2, 0) is 11.2 Å². The molecule has 1 amide bonds. The first-order valence-corrected chi connectivity index (χ1v) is 9.15. The van der Waals surface area contributed by atoms with E-state index in [0.29, 0.717) is 38.4 Å². The van der Waals surface area contributed by atoms with Gasteiger partial charge in [-0.1, -0.05) is 28.1 Å². The molecule has 0 bridgehead atoms. The third-order valence-electron chi connectivity index (χ3n) is 3.72. The molecule has 1 aliphatic heterocycles. The first kappa shape index (κ1) is 19.3. The highest BCUT2D eigenvalue weighted by Gasteiger charge is 2.27. The number of aromatic nitrogens is 1. The van der Waals surface area contributed by atoms with E-state index in [2.05, 4.69) is 20.9 Å². The minimum absolute atomic E-state index is 0. The van der Waals surface area contributed by atoms with E-state index in [9.17, 15) is 4.79 Å². The summed E-state index contributed by atoms with van der Waals surface area (Å²) in [4.78, 5) is 18.8. The molecule has 1 atom stereocenters. The quantitative estimate of drug-likeness (QED) is 0.806. The van der Waals surface area contributed by atoms with Gasteiger partial charge in [0.25, 0.3) is 5.91 Å². The van der Waals surface area contributed by atoms with Gasteiger partial charge < -0.3 is 15.4 Å². The normalized spacial score (nSPS) is 17.4. The molecule has 0 radical (unpaired) electrons. The summed E-state index contributed by atoms with van der Waals surface area (Å²) in [6.07, 6.45) is 0.616. The topological polar surface area (TPSA) is 68.5 Å². The summed E-state index contributed by atoms with van der Waals surface area (Å²) in [7, 11) is 0. The van der Waals surface area contributed by atoms with Crippen molar-refractivity contribution in [3.8, 4) is 0 Å². The van der Waals surface area contributed by atoms with Crippen molar-refractivity contribution in [2.24, 2.45) is 5.73 Å². The second-order valence-electron chi connectivity index (χ2n) is 5.33. The number of benzene rings is 1. The molecule has 0 aliphatic carbocycles. The van der Waals surface area contributed by atoms with E-state index in [1.807, 2.05) is 34.5 Å². The van der Waals surface area contributed by atoms with Gasteiger partial charge in [-0.25, -0.2) is 4.98 Å². The number of rotatable bonds is 4. The number of amides is 1. The van der Waals surface area contributed by atoms with Crippen LogP contribution < -0.4 is 5.73 Å². The van der Waals surface area contributed by atoms with Gasteiger partial charge in [-0.3, -0.25) is 4.79 Å². The van der Waals surface area contributed by atoms with Gasteiger partial charge in [0.2, 0.25) is 0 Å².